The second kappa shape index (κ2) is 8.68. The fourth-order valence-corrected chi connectivity index (χ4v) is 3.91. The predicted molar refractivity (Wildman–Crippen MR) is 93.4 cm³/mol. The molecular weight excluding hydrogens is 334 g/mol. The van der Waals surface area contributed by atoms with Gasteiger partial charge in [0.1, 0.15) is 0 Å². The highest BCUT2D eigenvalue weighted by Crippen LogP contribution is 2.12. The zero-order chi connectivity index (χ0) is 16.7. The van der Waals surface area contributed by atoms with E-state index in [2.05, 4.69) is 15.4 Å². The molecule has 0 bridgehead atoms. The van der Waals surface area contributed by atoms with Gasteiger partial charge in [-0.15, -0.1) is 0 Å². The highest BCUT2D eigenvalue weighted by atomic mass is 32.2. The van der Waals surface area contributed by atoms with Gasteiger partial charge in [-0.2, -0.15) is 11.8 Å². The molecule has 1 amide bonds. The summed E-state index contributed by atoms with van der Waals surface area (Å²) in [6.07, 6.45) is 3.65. The summed E-state index contributed by atoms with van der Waals surface area (Å²) < 4.78 is 27.1. The predicted octanol–water partition coefficient (Wildman–Crippen LogP) is 0.810. The average Bonchev–Trinajstić information content (AvgIpc) is 3.05. The number of carbonyl (C=O) groups is 1. The summed E-state index contributed by atoms with van der Waals surface area (Å²) in [6, 6.07) is 6.26. The van der Waals surface area contributed by atoms with Gasteiger partial charge in [-0.1, -0.05) is 6.07 Å². The van der Waals surface area contributed by atoms with Crippen LogP contribution in [0.1, 0.15) is 23.2 Å². The Morgan fingerprint density at radius 1 is 1.43 bits per heavy atom. The van der Waals surface area contributed by atoms with Crippen LogP contribution in [0.5, 0.6) is 0 Å². The Hall–Kier alpha value is -1.09. The molecule has 1 aromatic rings. The quantitative estimate of drug-likeness (QED) is 0.599. The van der Waals surface area contributed by atoms with Gasteiger partial charge in [-0.25, -0.2) is 13.1 Å². The minimum absolute atomic E-state index is 0.104. The first-order valence-electron chi connectivity index (χ1n) is 7.63. The number of sulfonamides is 1. The lowest BCUT2D eigenvalue weighted by Crippen LogP contribution is -2.36. The molecule has 0 aromatic heterocycles. The molecule has 1 aliphatic rings. The maximum absolute atomic E-state index is 12.3. The van der Waals surface area contributed by atoms with E-state index < -0.39 is 10.0 Å². The van der Waals surface area contributed by atoms with Crippen LogP contribution in [0.25, 0.3) is 0 Å². The molecule has 1 fully saturated rings. The van der Waals surface area contributed by atoms with Crippen LogP contribution in [-0.2, 0) is 10.0 Å². The van der Waals surface area contributed by atoms with E-state index in [4.69, 9.17) is 0 Å². The van der Waals surface area contributed by atoms with Crippen LogP contribution in [0, 0.1) is 0 Å². The Bertz CT molecular complexity index is 629. The lowest BCUT2D eigenvalue weighted by Gasteiger charge is -2.12. The largest absolute Gasteiger partial charge is 0.348 e. The molecule has 1 atom stereocenters. The van der Waals surface area contributed by atoms with Gasteiger partial charge in [0.25, 0.3) is 5.91 Å². The van der Waals surface area contributed by atoms with Crippen molar-refractivity contribution in [1.29, 1.82) is 0 Å². The molecule has 3 N–H and O–H groups in total. The summed E-state index contributed by atoms with van der Waals surface area (Å²) in [7, 11) is -3.58. The minimum Gasteiger partial charge on any atom is -0.348 e. The first-order chi connectivity index (χ1) is 11.0. The van der Waals surface area contributed by atoms with E-state index in [9.17, 15) is 13.2 Å². The molecule has 23 heavy (non-hydrogen) atoms. The number of amides is 1. The van der Waals surface area contributed by atoms with Gasteiger partial charge in [0.2, 0.25) is 10.0 Å². The van der Waals surface area contributed by atoms with Crippen LogP contribution < -0.4 is 15.4 Å². The Morgan fingerprint density at radius 3 is 2.96 bits per heavy atom. The van der Waals surface area contributed by atoms with Crippen molar-refractivity contribution in [1.82, 2.24) is 15.4 Å². The van der Waals surface area contributed by atoms with Crippen molar-refractivity contribution in [3.8, 4) is 0 Å². The molecule has 1 aliphatic heterocycles. The Labute approximate surface area is 141 Å². The fraction of sp³-hybridized carbons (Fsp3) is 0.533. The molecule has 0 unspecified atom stereocenters. The van der Waals surface area contributed by atoms with Gasteiger partial charge in [0.05, 0.1) is 4.90 Å². The van der Waals surface area contributed by atoms with E-state index in [-0.39, 0.29) is 16.8 Å². The summed E-state index contributed by atoms with van der Waals surface area (Å²) >= 11 is 1.68. The van der Waals surface area contributed by atoms with E-state index in [1.807, 2.05) is 6.26 Å². The zero-order valence-corrected chi connectivity index (χ0v) is 14.8. The second-order valence-electron chi connectivity index (χ2n) is 5.44. The molecular formula is C15H23N3O3S2. The third-order valence-corrected chi connectivity index (χ3v) is 5.78. The van der Waals surface area contributed by atoms with Gasteiger partial charge in [0, 0.05) is 24.7 Å². The molecule has 0 aliphatic carbocycles. The average molecular weight is 358 g/mol. The van der Waals surface area contributed by atoms with Crippen molar-refractivity contribution in [3.05, 3.63) is 29.8 Å². The van der Waals surface area contributed by atoms with Crippen LogP contribution in [-0.4, -0.2) is 52.0 Å². The number of thioether (sulfide) groups is 1. The molecule has 2 rings (SSSR count). The van der Waals surface area contributed by atoms with E-state index in [1.165, 1.54) is 12.1 Å². The number of carbonyl (C=O) groups excluding carboxylic acids is 1. The third kappa shape index (κ3) is 5.49. The minimum atomic E-state index is -3.58. The maximum Gasteiger partial charge on any atom is 0.251 e. The second-order valence-corrected chi connectivity index (χ2v) is 8.19. The van der Waals surface area contributed by atoms with Gasteiger partial charge < -0.3 is 10.6 Å². The first-order valence-corrected chi connectivity index (χ1v) is 10.5. The maximum atomic E-state index is 12.3. The number of rotatable bonds is 8. The van der Waals surface area contributed by atoms with E-state index in [0.717, 1.165) is 31.7 Å². The van der Waals surface area contributed by atoms with Crippen molar-refractivity contribution in [2.75, 3.05) is 31.6 Å². The number of nitrogens with one attached hydrogen (secondary N) is 3. The Balaban J connectivity index is 2.01. The lowest BCUT2D eigenvalue weighted by molar-refractivity contribution is 0.0940. The van der Waals surface area contributed by atoms with Crippen LogP contribution in [0.3, 0.4) is 0 Å². The monoisotopic (exact) mass is 357 g/mol. The summed E-state index contributed by atoms with van der Waals surface area (Å²) in [5, 5.41) is 6.09. The topological polar surface area (TPSA) is 87.3 Å². The standard InChI is InChI=1S/C15H23N3O3S2/c1-22-9-3-7-17-23(20,21)14-5-2-4-12(10-14)15(19)18-13-6-8-16-11-13/h2,4-5,10,13,16-17H,3,6-9,11H2,1H3,(H,18,19)/t13-/m0/s1. The third-order valence-electron chi connectivity index (χ3n) is 3.62. The van der Waals surface area contributed by atoms with Crippen LogP contribution in [0.15, 0.2) is 29.2 Å². The molecule has 6 nitrogen and oxygen atoms in total. The summed E-state index contributed by atoms with van der Waals surface area (Å²) in [5.41, 5.74) is 0.365. The van der Waals surface area contributed by atoms with Crippen molar-refractivity contribution >= 4 is 27.7 Å². The normalized spacial score (nSPS) is 18.0. The summed E-state index contributed by atoms with van der Waals surface area (Å²) in [6.45, 7) is 2.04. The van der Waals surface area contributed by atoms with E-state index in [1.54, 1.807) is 23.9 Å². The van der Waals surface area contributed by atoms with Gasteiger partial charge in [-0.3, -0.25) is 4.79 Å². The molecule has 0 spiro atoms. The van der Waals surface area contributed by atoms with Gasteiger partial charge in [-0.05, 0) is 49.6 Å². The Morgan fingerprint density at radius 2 is 2.26 bits per heavy atom. The van der Waals surface area contributed by atoms with E-state index >= 15 is 0 Å². The molecule has 128 valence electrons. The highest BCUT2D eigenvalue weighted by molar-refractivity contribution is 7.98. The highest BCUT2D eigenvalue weighted by Gasteiger charge is 2.19. The van der Waals surface area contributed by atoms with E-state index in [0.29, 0.717) is 12.1 Å². The van der Waals surface area contributed by atoms with Crippen molar-refractivity contribution in [2.24, 2.45) is 0 Å². The molecule has 1 aromatic carbocycles. The molecule has 1 heterocycles. The summed E-state index contributed by atoms with van der Waals surface area (Å²) in [5.74, 6) is 0.665. The SMILES string of the molecule is CSCCCNS(=O)(=O)c1cccc(C(=O)N[C@H]2CCNC2)c1. The van der Waals surface area contributed by atoms with Gasteiger partial charge >= 0.3 is 0 Å². The lowest BCUT2D eigenvalue weighted by atomic mass is 10.2. The van der Waals surface area contributed by atoms with Gasteiger partial charge in [0.15, 0.2) is 0 Å². The first kappa shape index (κ1) is 18.3. The van der Waals surface area contributed by atoms with Crippen molar-refractivity contribution in [2.45, 2.75) is 23.8 Å². The fourth-order valence-electron chi connectivity index (χ4n) is 2.36. The zero-order valence-electron chi connectivity index (χ0n) is 13.2. The van der Waals surface area contributed by atoms with Crippen LogP contribution >= 0.6 is 11.8 Å². The molecule has 8 heteroatoms. The number of hydrogen-bond acceptors (Lipinski definition) is 5. The molecule has 0 radical (unpaired) electrons. The number of benzene rings is 1. The summed E-state index contributed by atoms with van der Waals surface area (Å²) in [4.78, 5) is 12.3. The van der Waals surface area contributed by atoms with Crippen molar-refractivity contribution in [3.63, 3.8) is 0 Å². The van der Waals surface area contributed by atoms with Crippen LogP contribution in [0.2, 0.25) is 0 Å². The molecule has 0 saturated carbocycles. The smallest absolute Gasteiger partial charge is 0.251 e. The molecule has 1 saturated heterocycles. The van der Waals surface area contributed by atoms with Crippen LogP contribution in [0.4, 0.5) is 0 Å². The Kier molecular flexibility index (Phi) is 6.88. The van der Waals surface area contributed by atoms with Crippen molar-refractivity contribution < 1.29 is 13.2 Å². The number of hydrogen-bond donors (Lipinski definition) is 3.